The summed E-state index contributed by atoms with van der Waals surface area (Å²) >= 11 is 3.41. The van der Waals surface area contributed by atoms with Crippen LogP contribution in [0.1, 0.15) is 10.5 Å². The monoisotopic (exact) mass is 439 g/mol. The fourth-order valence-corrected chi connectivity index (χ4v) is 3.32. The number of fused-ring (bicyclic) bond motifs is 1. The van der Waals surface area contributed by atoms with E-state index in [1.807, 2.05) is 12.1 Å². The fourth-order valence-electron chi connectivity index (χ4n) is 2.96. The van der Waals surface area contributed by atoms with Crippen LogP contribution in [-0.4, -0.2) is 32.5 Å². The average Bonchev–Trinajstić information content (AvgIpc) is 3.03. The molecule has 0 aliphatic carbocycles. The van der Waals surface area contributed by atoms with E-state index in [0.717, 1.165) is 4.47 Å². The highest BCUT2D eigenvalue weighted by atomic mass is 79.9. The molecule has 0 fully saturated rings. The Morgan fingerprint density at radius 2 is 1.93 bits per heavy atom. The average molecular weight is 440 g/mol. The molecule has 0 saturated carbocycles. The molecule has 0 saturated heterocycles. The maximum Gasteiger partial charge on any atom is 0.332 e. The molecule has 0 bridgehead atoms. The molecule has 1 amide bonds. The minimum Gasteiger partial charge on any atom is -0.496 e. The number of nitrogens with two attached hydrogens (primary N) is 1. The number of aromatic nitrogens is 4. The zero-order valence-corrected chi connectivity index (χ0v) is 16.2. The number of methoxy groups -OCH3 is 1. The summed E-state index contributed by atoms with van der Waals surface area (Å²) in [5.41, 5.74) is 6.58. The molecule has 4 rings (SSSR count). The van der Waals surface area contributed by atoms with E-state index in [1.165, 1.54) is 11.7 Å². The van der Waals surface area contributed by atoms with Crippen LogP contribution in [0.25, 0.3) is 28.2 Å². The Bertz CT molecular complexity index is 1260. The summed E-state index contributed by atoms with van der Waals surface area (Å²) in [6.45, 7) is 0. The van der Waals surface area contributed by atoms with Gasteiger partial charge in [-0.25, -0.2) is 19.3 Å². The first-order valence-electron chi connectivity index (χ1n) is 8.21. The number of rotatable bonds is 4. The number of carbonyl (C=O) groups excluding carboxylic acids is 1. The van der Waals surface area contributed by atoms with Crippen LogP contribution >= 0.6 is 15.9 Å². The summed E-state index contributed by atoms with van der Waals surface area (Å²) in [4.78, 5) is 36.1. The Kier molecular flexibility index (Phi) is 4.44. The maximum atomic E-state index is 12.6. The summed E-state index contributed by atoms with van der Waals surface area (Å²) in [7, 11) is 1.52. The second-order valence-electron chi connectivity index (χ2n) is 5.90. The van der Waals surface area contributed by atoms with Gasteiger partial charge in [-0.15, -0.1) is 0 Å². The molecule has 0 spiro atoms. The predicted octanol–water partition coefficient (Wildman–Crippen LogP) is 2.65. The van der Waals surface area contributed by atoms with Crippen LogP contribution in [0.15, 0.2) is 57.8 Å². The van der Waals surface area contributed by atoms with Gasteiger partial charge in [-0.05, 0) is 30.3 Å². The van der Waals surface area contributed by atoms with Gasteiger partial charge in [-0.2, -0.15) is 0 Å². The van der Waals surface area contributed by atoms with Crippen LogP contribution in [-0.2, 0) is 0 Å². The molecule has 3 N–H and O–H groups in total. The quantitative estimate of drug-likeness (QED) is 0.506. The number of imidazole rings is 1. The highest BCUT2D eigenvalue weighted by molar-refractivity contribution is 9.10. The van der Waals surface area contributed by atoms with Crippen LogP contribution in [0.5, 0.6) is 5.75 Å². The van der Waals surface area contributed by atoms with Crippen molar-refractivity contribution in [3.8, 4) is 22.8 Å². The number of halogens is 1. The third-order valence-corrected chi connectivity index (χ3v) is 4.68. The van der Waals surface area contributed by atoms with Crippen LogP contribution in [0.3, 0.4) is 0 Å². The first-order valence-corrected chi connectivity index (χ1v) is 9.01. The van der Waals surface area contributed by atoms with Gasteiger partial charge in [-0.3, -0.25) is 4.79 Å². The molecule has 2 aromatic heterocycles. The van der Waals surface area contributed by atoms with Gasteiger partial charge in [0.15, 0.2) is 17.2 Å². The van der Waals surface area contributed by atoms with Gasteiger partial charge in [-0.1, -0.05) is 34.1 Å². The van der Waals surface area contributed by atoms with Gasteiger partial charge in [0.2, 0.25) is 0 Å². The van der Waals surface area contributed by atoms with E-state index >= 15 is 0 Å². The van der Waals surface area contributed by atoms with Gasteiger partial charge in [0, 0.05) is 4.47 Å². The van der Waals surface area contributed by atoms with Crippen molar-refractivity contribution in [1.82, 2.24) is 19.5 Å². The van der Waals surface area contributed by atoms with E-state index in [0.29, 0.717) is 17.0 Å². The lowest BCUT2D eigenvalue weighted by molar-refractivity contribution is 0.0997. The minimum atomic E-state index is -0.774. The summed E-state index contributed by atoms with van der Waals surface area (Å²) in [6, 6.07) is 14.3. The molecular formula is C19H14BrN5O3. The van der Waals surface area contributed by atoms with Crippen molar-refractivity contribution in [3.63, 3.8) is 0 Å². The Hall–Kier alpha value is -3.46. The number of nitrogens with one attached hydrogen (secondary N) is 1. The Balaban J connectivity index is 2.09. The Morgan fingerprint density at radius 3 is 2.61 bits per heavy atom. The number of carbonyl (C=O) groups is 1. The number of amides is 1. The zero-order chi connectivity index (χ0) is 19.8. The molecule has 0 unspecified atom stereocenters. The van der Waals surface area contributed by atoms with Crippen molar-refractivity contribution in [2.45, 2.75) is 0 Å². The summed E-state index contributed by atoms with van der Waals surface area (Å²) < 4.78 is 7.55. The van der Waals surface area contributed by atoms with Gasteiger partial charge in [0.1, 0.15) is 11.3 Å². The second-order valence-corrected chi connectivity index (χ2v) is 6.82. The van der Waals surface area contributed by atoms with Gasteiger partial charge >= 0.3 is 5.69 Å². The molecule has 9 heteroatoms. The Morgan fingerprint density at radius 1 is 1.18 bits per heavy atom. The minimum absolute atomic E-state index is 0.0752. The molecule has 28 heavy (non-hydrogen) atoms. The van der Waals surface area contributed by atoms with E-state index in [2.05, 4.69) is 30.9 Å². The standard InChI is InChI=1S/C19H14BrN5O3/c1-28-13-8-7-10(20)9-12(13)17-22-14(16(21)26)15-18(24-17)25(19(27)23-15)11-5-3-2-4-6-11/h2-9H,1H3,(H2,21,26)(H,23,27). The lowest BCUT2D eigenvalue weighted by Gasteiger charge is -2.10. The van der Waals surface area contributed by atoms with Crippen LogP contribution in [0, 0.1) is 0 Å². The lowest BCUT2D eigenvalue weighted by atomic mass is 10.2. The van der Waals surface area contributed by atoms with Crippen LogP contribution < -0.4 is 16.2 Å². The molecular weight excluding hydrogens is 426 g/mol. The summed E-state index contributed by atoms with van der Waals surface area (Å²) in [5, 5.41) is 0. The van der Waals surface area contributed by atoms with Crippen LogP contribution in [0.4, 0.5) is 0 Å². The molecule has 0 aliphatic rings. The molecule has 0 atom stereocenters. The Labute approximate surface area is 167 Å². The number of benzene rings is 2. The number of primary amides is 1. The van der Waals surface area contributed by atoms with Crippen molar-refractivity contribution in [3.05, 3.63) is 69.2 Å². The fraction of sp³-hybridized carbons (Fsp3) is 0.0526. The number of nitrogens with zero attached hydrogens (tertiary/aromatic N) is 3. The largest absolute Gasteiger partial charge is 0.496 e. The first kappa shape index (κ1) is 17.9. The van der Waals surface area contributed by atoms with E-state index in [9.17, 15) is 9.59 Å². The van der Waals surface area contributed by atoms with Crippen molar-refractivity contribution < 1.29 is 9.53 Å². The number of hydrogen-bond acceptors (Lipinski definition) is 5. The van der Waals surface area contributed by atoms with E-state index in [4.69, 9.17) is 10.5 Å². The molecule has 0 radical (unpaired) electrons. The number of ether oxygens (including phenoxy) is 1. The van der Waals surface area contributed by atoms with E-state index in [1.54, 1.807) is 36.4 Å². The van der Waals surface area contributed by atoms with E-state index in [-0.39, 0.29) is 22.7 Å². The third kappa shape index (κ3) is 2.95. The third-order valence-electron chi connectivity index (χ3n) is 4.19. The summed E-state index contributed by atoms with van der Waals surface area (Å²) in [5.74, 6) is -0.0469. The molecule has 0 aliphatic heterocycles. The predicted molar refractivity (Wildman–Crippen MR) is 108 cm³/mol. The van der Waals surface area contributed by atoms with Gasteiger partial charge in [0.25, 0.3) is 5.91 Å². The SMILES string of the molecule is COc1ccc(Br)cc1-c1nc(C(N)=O)c2[nH]c(=O)n(-c3ccccc3)c2n1. The highest BCUT2D eigenvalue weighted by Gasteiger charge is 2.21. The first-order chi connectivity index (χ1) is 13.5. The smallest absolute Gasteiger partial charge is 0.332 e. The van der Waals surface area contributed by atoms with Gasteiger partial charge in [0.05, 0.1) is 18.4 Å². The van der Waals surface area contributed by atoms with Crippen LogP contribution in [0.2, 0.25) is 0 Å². The normalized spacial score (nSPS) is 10.9. The second kappa shape index (κ2) is 6.93. The van der Waals surface area contributed by atoms with Crippen molar-refractivity contribution in [1.29, 1.82) is 0 Å². The topological polar surface area (TPSA) is 116 Å². The van der Waals surface area contributed by atoms with Crippen molar-refractivity contribution in [2.75, 3.05) is 7.11 Å². The molecule has 4 aromatic rings. The molecule has 2 aromatic carbocycles. The number of H-pyrrole nitrogens is 1. The van der Waals surface area contributed by atoms with Gasteiger partial charge < -0.3 is 15.5 Å². The van der Waals surface area contributed by atoms with Crippen molar-refractivity contribution in [2.24, 2.45) is 5.73 Å². The highest BCUT2D eigenvalue weighted by Crippen LogP contribution is 2.32. The molecule has 8 nitrogen and oxygen atoms in total. The maximum absolute atomic E-state index is 12.6. The van der Waals surface area contributed by atoms with Crippen molar-refractivity contribution >= 4 is 33.0 Å². The number of para-hydroxylation sites is 1. The lowest BCUT2D eigenvalue weighted by Crippen LogP contribution is -2.15. The molecule has 2 heterocycles. The van der Waals surface area contributed by atoms with E-state index < -0.39 is 11.6 Å². The number of hydrogen-bond donors (Lipinski definition) is 2. The molecule has 140 valence electrons. The zero-order valence-electron chi connectivity index (χ0n) is 14.6. The summed E-state index contributed by atoms with van der Waals surface area (Å²) in [6.07, 6.45) is 0. The number of aromatic amines is 1.